The number of aromatic hydroxyl groups is 1. The third-order valence-corrected chi connectivity index (χ3v) is 7.04. The number of fused-ring (bicyclic) bond motifs is 1. The van der Waals surface area contributed by atoms with Gasteiger partial charge in [0.15, 0.2) is 0 Å². The van der Waals surface area contributed by atoms with E-state index >= 15 is 0 Å². The second-order valence-electron chi connectivity index (χ2n) is 8.39. The highest BCUT2D eigenvalue weighted by atomic mass is 16.3. The number of aliphatic hydroxyl groups excluding tert-OH is 1. The second-order valence-corrected chi connectivity index (χ2v) is 8.39. The molecule has 3 aliphatic rings. The first-order valence-corrected chi connectivity index (χ1v) is 9.29. The fourth-order valence-corrected chi connectivity index (χ4v) is 5.83. The zero-order valence-electron chi connectivity index (χ0n) is 15.2. The number of aliphatic hydroxyl groups is 1. The SMILES string of the molecule is C=CC[N+]1(C)CC[C@]23C[C@@H](O)C=CC2[C@H]1Cc1ccc(C(N)=O)c(O)c13. The molecule has 1 saturated heterocycles. The van der Waals surface area contributed by atoms with Crippen molar-refractivity contribution in [2.45, 2.75) is 36.8 Å². The number of nitrogens with zero attached hydrogens (tertiary/aromatic N) is 1. The van der Waals surface area contributed by atoms with Crippen molar-refractivity contribution in [3.8, 4) is 5.75 Å². The number of primary amides is 1. The van der Waals surface area contributed by atoms with Crippen molar-refractivity contribution in [3.63, 3.8) is 0 Å². The Bertz CT molecular complexity index is 818. The second kappa shape index (κ2) is 5.69. The number of quaternary nitrogens is 1. The normalized spacial score (nSPS) is 37.5. The lowest BCUT2D eigenvalue weighted by molar-refractivity contribution is -0.938. The van der Waals surface area contributed by atoms with Crippen LogP contribution in [0, 0.1) is 5.92 Å². The predicted molar refractivity (Wildman–Crippen MR) is 99.8 cm³/mol. The summed E-state index contributed by atoms with van der Waals surface area (Å²) in [6.45, 7) is 5.79. The third kappa shape index (κ3) is 2.20. The van der Waals surface area contributed by atoms with Gasteiger partial charge in [-0.25, -0.2) is 0 Å². The average molecular weight is 355 g/mol. The summed E-state index contributed by atoms with van der Waals surface area (Å²) in [6, 6.07) is 3.93. The maximum atomic E-state index is 11.8. The first kappa shape index (κ1) is 17.3. The molecule has 0 spiro atoms. The molecule has 2 unspecified atom stereocenters. The topological polar surface area (TPSA) is 83.5 Å². The first-order valence-electron chi connectivity index (χ1n) is 9.29. The maximum absolute atomic E-state index is 11.8. The highest BCUT2D eigenvalue weighted by molar-refractivity contribution is 5.96. The van der Waals surface area contributed by atoms with Gasteiger partial charge in [0.2, 0.25) is 0 Å². The van der Waals surface area contributed by atoms with Crippen LogP contribution in [0.3, 0.4) is 0 Å². The number of amides is 1. The van der Waals surface area contributed by atoms with Gasteiger partial charge in [0, 0.05) is 29.7 Å². The van der Waals surface area contributed by atoms with Crippen LogP contribution in [0.4, 0.5) is 0 Å². The third-order valence-electron chi connectivity index (χ3n) is 7.04. The van der Waals surface area contributed by atoms with Crippen LogP contribution in [0.25, 0.3) is 0 Å². The minimum Gasteiger partial charge on any atom is -0.507 e. The number of likely N-dealkylation sites (N-methyl/N-ethyl adjacent to an activating group) is 1. The van der Waals surface area contributed by atoms with Gasteiger partial charge < -0.3 is 20.4 Å². The van der Waals surface area contributed by atoms with Crippen molar-refractivity contribution in [2.24, 2.45) is 11.7 Å². The summed E-state index contributed by atoms with van der Waals surface area (Å²) >= 11 is 0. The summed E-state index contributed by atoms with van der Waals surface area (Å²) in [5, 5.41) is 21.3. The van der Waals surface area contributed by atoms with Gasteiger partial charge in [0.25, 0.3) is 5.91 Å². The fraction of sp³-hybridized carbons (Fsp3) is 0.476. The van der Waals surface area contributed by atoms with Crippen LogP contribution >= 0.6 is 0 Å². The standard InChI is InChI=1S/C21H26N2O3/c1-3-9-23(2)10-8-21-12-14(24)5-7-16(21)17(23)11-13-4-6-15(20(22)26)19(25)18(13)21/h3-7,14,16-17,24H,1,8-12H2,2H3,(H2-,22,25,26)/p+1/t14-,16?,17+,21-,23?/m0/s1. The molecule has 2 aliphatic carbocycles. The largest absolute Gasteiger partial charge is 0.507 e. The number of hydrogen-bond acceptors (Lipinski definition) is 3. The molecular weight excluding hydrogens is 328 g/mol. The molecule has 1 aromatic carbocycles. The number of carbonyl (C=O) groups is 1. The van der Waals surface area contributed by atoms with Gasteiger partial charge >= 0.3 is 0 Å². The zero-order chi connectivity index (χ0) is 18.7. The molecular formula is C21H27N2O3+. The van der Waals surface area contributed by atoms with Crippen LogP contribution in [0.2, 0.25) is 0 Å². The number of piperidine rings is 1. The van der Waals surface area contributed by atoms with Gasteiger partial charge in [-0.15, -0.1) is 0 Å². The van der Waals surface area contributed by atoms with Crippen molar-refractivity contribution < 1.29 is 19.5 Å². The van der Waals surface area contributed by atoms with E-state index in [0.29, 0.717) is 12.5 Å². The van der Waals surface area contributed by atoms with Crippen molar-refractivity contribution in [2.75, 3.05) is 20.1 Å². The van der Waals surface area contributed by atoms with Gasteiger partial charge in [-0.2, -0.15) is 0 Å². The Hall–Kier alpha value is -2.11. The monoisotopic (exact) mass is 355 g/mol. The van der Waals surface area contributed by atoms with E-state index in [0.717, 1.165) is 41.5 Å². The molecule has 1 amide bonds. The predicted octanol–water partition coefficient (Wildman–Crippen LogP) is 1.63. The molecule has 1 aromatic rings. The number of phenols is 1. The van der Waals surface area contributed by atoms with Crippen molar-refractivity contribution in [3.05, 3.63) is 53.6 Å². The number of benzene rings is 1. The molecule has 4 N–H and O–H groups in total. The van der Waals surface area contributed by atoms with E-state index in [4.69, 9.17) is 5.73 Å². The van der Waals surface area contributed by atoms with Crippen LogP contribution in [-0.2, 0) is 11.8 Å². The summed E-state index contributed by atoms with van der Waals surface area (Å²) in [7, 11) is 2.28. The van der Waals surface area contributed by atoms with Gasteiger partial charge in [-0.1, -0.05) is 24.8 Å². The van der Waals surface area contributed by atoms with E-state index in [9.17, 15) is 15.0 Å². The van der Waals surface area contributed by atoms with Crippen LogP contribution < -0.4 is 5.73 Å². The number of hydrogen-bond donors (Lipinski definition) is 3. The lowest BCUT2D eigenvalue weighted by atomic mass is 9.52. The molecule has 4 rings (SSSR count). The van der Waals surface area contributed by atoms with E-state index < -0.39 is 12.0 Å². The van der Waals surface area contributed by atoms with Gasteiger partial charge in [0.1, 0.15) is 11.8 Å². The minimum absolute atomic E-state index is 0.0146. The highest BCUT2D eigenvalue weighted by Gasteiger charge is 2.60. The Morgan fingerprint density at radius 2 is 2.23 bits per heavy atom. The zero-order valence-corrected chi connectivity index (χ0v) is 15.2. The van der Waals surface area contributed by atoms with E-state index in [1.54, 1.807) is 6.07 Å². The lowest BCUT2D eigenvalue weighted by Crippen LogP contribution is -2.68. The number of carbonyl (C=O) groups excluding carboxylic acids is 1. The first-order chi connectivity index (χ1) is 12.3. The summed E-state index contributed by atoms with van der Waals surface area (Å²) in [5.74, 6) is -0.387. The van der Waals surface area contributed by atoms with Crippen molar-refractivity contribution in [1.82, 2.24) is 0 Å². The maximum Gasteiger partial charge on any atom is 0.252 e. The van der Waals surface area contributed by atoms with Crippen LogP contribution in [0.5, 0.6) is 5.75 Å². The van der Waals surface area contributed by atoms with Crippen molar-refractivity contribution >= 4 is 5.91 Å². The molecule has 5 nitrogen and oxygen atoms in total. The van der Waals surface area contributed by atoms with Crippen LogP contribution in [-0.4, -0.2) is 52.9 Å². The molecule has 26 heavy (non-hydrogen) atoms. The molecule has 5 atom stereocenters. The van der Waals surface area contributed by atoms with Crippen molar-refractivity contribution in [1.29, 1.82) is 0 Å². The number of likely N-dealkylation sites (tertiary alicyclic amines) is 1. The summed E-state index contributed by atoms with van der Waals surface area (Å²) in [6.07, 6.45) is 7.72. The molecule has 1 heterocycles. The molecule has 0 radical (unpaired) electrons. The van der Waals surface area contributed by atoms with E-state index in [2.05, 4.69) is 19.7 Å². The molecule has 0 aromatic heterocycles. The number of rotatable bonds is 3. The van der Waals surface area contributed by atoms with Crippen LogP contribution in [0.15, 0.2) is 36.9 Å². The summed E-state index contributed by atoms with van der Waals surface area (Å²) in [5.41, 5.74) is 7.21. The Kier molecular flexibility index (Phi) is 3.79. The Labute approximate surface area is 154 Å². The summed E-state index contributed by atoms with van der Waals surface area (Å²) < 4.78 is 0.911. The van der Waals surface area contributed by atoms with Gasteiger partial charge in [-0.05, 0) is 24.1 Å². The average Bonchev–Trinajstić information content (AvgIpc) is 2.58. The quantitative estimate of drug-likeness (QED) is 0.569. The van der Waals surface area contributed by atoms with Gasteiger partial charge in [-0.3, -0.25) is 4.79 Å². The Morgan fingerprint density at radius 3 is 2.92 bits per heavy atom. The Balaban J connectivity index is 1.95. The fourth-order valence-electron chi connectivity index (χ4n) is 5.83. The van der Waals surface area contributed by atoms with E-state index in [1.807, 2.05) is 18.2 Å². The minimum atomic E-state index is -0.615. The number of nitrogens with two attached hydrogens (primary N) is 1. The molecule has 138 valence electrons. The molecule has 5 heteroatoms. The smallest absolute Gasteiger partial charge is 0.252 e. The molecule has 2 bridgehead atoms. The van der Waals surface area contributed by atoms with Gasteiger partial charge in [0.05, 0.1) is 31.8 Å². The highest BCUT2D eigenvalue weighted by Crippen LogP contribution is 2.57. The van der Waals surface area contributed by atoms with Crippen LogP contribution in [0.1, 0.15) is 34.3 Å². The molecule has 1 aliphatic heterocycles. The Morgan fingerprint density at radius 1 is 1.46 bits per heavy atom. The van der Waals surface area contributed by atoms with E-state index in [1.165, 1.54) is 0 Å². The summed E-state index contributed by atoms with van der Waals surface area (Å²) in [4.78, 5) is 11.8. The molecule has 0 saturated carbocycles. The van der Waals surface area contributed by atoms with E-state index in [-0.39, 0.29) is 22.6 Å². The lowest BCUT2D eigenvalue weighted by Gasteiger charge is -2.60. The molecule has 1 fully saturated rings.